The highest BCUT2D eigenvalue weighted by molar-refractivity contribution is 6.09. The lowest BCUT2D eigenvalue weighted by Gasteiger charge is -2.04. The van der Waals surface area contributed by atoms with Crippen molar-refractivity contribution in [3.05, 3.63) is 82.9 Å². The number of carboxylic acids is 1. The molecule has 8 heteroatoms. The van der Waals surface area contributed by atoms with E-state index < -0.39 is 17.7 Å². The first kappa shape index (κ1) is 20.1. The van der Waals surface area contributed by atoms with Crippen molar-refractivity contribution in [3.8, 4) is 23.5 Å². The summed E-state index contributed by atoms with van der Waals surface area (Å²) in [7, 11) is 0. The minimum Gasteiger partial charge on any atom is -0.478 e. The Bertz CT molecular complexity index is 1240. The van der Waals surface area contributed by atoms with Crippen LogP contribution in [0.1, 0.15) is 21.7 Å². The van der Waals surface area contributed by atoms with Gasteiger partial charge in [0.05, 0.1) is 11.1 Å². The van der Waals surface area contributed by atoms with Crippen LogP contribution in [0.4, 0.5) is 10.1 Å². The largest absolute Gasteiger partial charge is 0.478 e. The fourth-order valence-electron chi connectivity index (χ4n) is 2.54. The first-order valence-electron chi connectivity index (χ1n) is 8.47. The number of benzene rings is 2. The van der Waals surface area contributed by atoms with Crippen molar-refractivity contribution >= 4 is 23.6 Å². The van der Waals surface area contributed by atoms with Gasteiger partial charge in [0.15, 0.2) is 0 Å². The van der Waals surface area contributed by atoms with Crippen LogP contribution in [0.15, 0.2) is 64.6 Å². The molecule has 0 saturated carbocycles. The summed E-state index contributed by atoms with van der Waals surface area (Å²) in [5, 5.41) is 29.3. The quantitative estimate of drug-likeness (QED) is 0.487. The summed E-state index contributed by atoms with van der Waals surface area (Å²) in [5.41, 5.74) is 0.408. The first-order chi connectivity index (χ1) is 14.4. The van der Waals surface area contributed by atoms with E-state index in [9.17, 15) is 19.2 Å². The molecule has 0 spiro atoms. The maximum Gasteiger partial charge on any atom is 0.335 e. The van der Waals surface area contributed by atoms with E-state index in [0.29, 0.717) is 11.3 Å². The summed E-state index contributed by atoms with van der Waals surface area (Å²) in [6.07, 6.45) is 1.23. The van der Waals surface area contributed by atoms with E-state index in [-0.39, 0.29) is 28.1 Å². The number of anilines is 1. The lowest BCUT2D eigenvalue weighted by atomic mass is 10.1. The fourth-order valence-corrected chi connectivity index (χ4v) is 2.54. The molecule has 3 rings (SSSR count). The van der Waals surface area contributed by atoms with E-state index in [1.54, 1.807) is 36.4 Å². The third kappa shape index (κ3) is 4.41. The summed E-state index contributed by atoms with van der Waals surface area (Å²) in [5.74, 6) is -1.96. The highest BCUT2D eigenvalue weighted by Crippen LogP contribution is 2.24. The third-order valence-electron chi connectivity index (χ3n) is 4.04. The van der Waals surface area contributed by atoms with Crippen molar-refractivity contribution in [1.29, 1.82) is 10.5 Å². The first-order valence-corrected chi connectivity index (χ1v) is 8.47. The zero-order valence-corrected chi connectivity index (χ0v) is 15.2. The zero-order valence-electron chi connectivity index (χ0n) is 15.2. The second-order valence-electron chi connectivity index (χ2n) is 6.01. The highest BCUT2D eigenvalue weighted by Gasteiger charge is 2.13. The molecule has 0 aliphatic heterocycles. The minimum atomic E-state index is -1.04. The Hall–Kier alpha value is -4.69. The predicted octanol–water partition coefficient (Wildman–Crippen LogP) is 4.20. The normalized spacial score (nSPS) is 10.7. The summed E-state index contributed by atoms with van der Waals surface area (Å²) in [6.45, 7) is 0. The number of hydrogen-bond acceptors (Lipinski definition) is 5. The van der Waals surface area contributed by atoms with Crippen LogP contribution in [0.5, 0.6) is 0 Å². The van der Waals surface area contributed by atoms with Gasteiger partial charge in [0.25, 0.3) is 5.91 Å². The van der Waals surface area contributed by atoms with Crippen molar-refractivity contribution in [2.45, 2.75) is 0 Å². The molecule has 7 nitrogen and oxygen atoms in total. The summed E-state index contributed by atoms with van der Waals surface area (Å²) >= 11 is 0. The topological polar surface area (TPSA) is 127 Å². The van der Waals surface area contributed by atoms with E-state index in [2.05, 4.69) is 5.32 Å². The Kier molecular flexibility index (Phi) is 5.71. The molecule has 1 aromatic heterocycles. The van der Waals surface area contributed by atoms with Gasteiger partial charge in [-0.1, -0.05) is 12.1 Å². The van der Waals surface area contributed by atoms with Gasteiger partial charge in [-0.25, -0.2) is 9.18 Å². The molecule has 1 heterocycles. The molecule has 146 valence electrons. The average molecular weight is 401 g/mol. The van der Waals surface area contributed by atoms with E-state index >= 15 is 0 Å². The minimum absolute atomic E-state index is 0.0938. The van der Waals surface area contributed by atoms with Gasteiger partial charge in [0.1, 0.15) is 35.0 Å². The van der Waals surface area contributed by atoms with Crippen LogP contribution >= 0.6 is 0 Å². The van der Waals surface area contributed by atoms with Crippen molar-refractivity contribution in [3.63, 3.8) is 0 Å². The number of carbonyl (C=O) groups is 2. The molecule has 0 atom stereocenters. The number of carbonyl (C=O) groups excluding carboxylic acids is 1. The van der Waals surface area contributed by atoms with Crippen LogP contribution in [0.25, 0.3) is 17.4 Å². The van der Waals surface area contributed by atoms with Crippen molar-refractivity contribution in [2.24, 2.45) is 0 Å². The molecule has 0 fully saturated rings. The molecule has 2 aromatic carbocycles. The van der Waals surface area contributed by atoms with Crippen LogP contribution < -0.4 is 5.32 Å². The molecule has 0 unspecified atom stereocenters. The van der Waals surface area contributed by atoms with Gasteiger partial charge < -0.3 is 14.8 Å². The lowest BCUT2D eigenvalue weighted by molar-refractivity contribution is -0.112. The van der Waals surface area contributed by atoms with Crippen LogP contribution in [0.2, 0.25) is 0 Å². The molecule has 3 aromatic rings. The van der Waals surface area contributed by atoms with Crippen LogP contribution in [0.3, 0.4) is 0 Å². The summed E-state index contributed by atoms with van der Waals surface area (Å²) in [4.78, 5) is 23.2. The molecular formula is C22H12FN3O4. The van der Waals surface area contributed by atoms with E-state index in [1.807, 2.05) is 0 Å². The van der Waals surface area contributed by atoms with Gasteiger partial charge in [-0.3, -0.25) is 4.79 Å². The van der Waals surface area contributed by atoms with Crippen LogP contribution in [0, 0.1) is 28.5 Å². The molecule has 0 aliphatic rings. The Morgan fingerprint density at radius 2 is 1.80 bits per heavy atom. The zero-order chi connectivity index (χ0) is 21.7. The monoisotopic (exact) mass is 401 g/mol. The Morgan fingerprint density at radius 3 is 2.40 bits per heavy atom. The molecule has 0 radical (unpaired) electrons. The summed E-state index contributed by atoms with van der Waals surface area (Å²) in [6, 6.07) is 16.2. The SMILES string of the molecule is N#C/C(=C\c1ccc(-c2ccc(C(=O)O)cc2)o1)C(=O)Nc1ccc(C#N)c(F)c1. The number of aromatic carboxylic acids is 1. The van der Waals surface area contributed by atoms with Gasteiger partial charge in [-0.2, -0.15) is 10.5 Å². The van der Waals surface area contributed by atoms with E-state index in [1.165, 1.54) is 30.3 Å². The number of amides is 1. The molecular weight excluding hydrogens is 389 g/mol. The number of carboxylic acid groups (broad SMARTS) is 1. The maximum absolute atomic E-state index is 13.7. The number of halogens is 1. The standard InChI is InChI=1S/C22H12FN3O4/c23-19-10-17(6-5-15(19)11-24)26-21(27)16(12-25)9-18-7-8-20(30-18)13-1-3-14(4-2-13)22(28)29/h1-10H,(H,26,27)(H,28,29)/b16-9+. The van der Waals surface area contributed by atoms with Crippen molar-refractivity contribution in [1.82, 2.24) is 0 Å². The van der Waals surface area contributed by atoms with Crippen molar-refractivity contribution < 1.29 is 23.5 Å². The second-order valence-corrected chi connectivity index (χ2v) is 6.01. The third-order valence-corrected chi connectivity index (χ3v) is 4.04. The summed E-state index contributed by atoms with van der Waals surface area (Å²) < 4.78 is 19.3. The fraction of sp³-hybridized carbons (Fsp3) is 0. The number of nitrogens with zero attached hydrogens (tertiary/aromatic N) is 2. The Morgan fingerprint density at radius 1 is 1.07 bits per heavy atom. The van der Waals surface area contributed by atoms with E-state index in [0.717, 1.165) is 6.07 Å². The Balaban J connectivity index is 1.78. The molecule has 1 amide bonds. The lowest BCUT2D eigenvalue weighted by Crippen LogP contribution is -2.13. The average Bonchev–Trinajstić information content (AvgIpc) is 3.20. The van der Waals surface area contributed by atoms with Crippen LogP contribution in [-0.4, -0.2) is 17.0 Å². The highest BCUT2D eigenvalue weighted by atomic mass is 19.1. The number of hydrogen-bond donors (Lipinski definition) is 2. The predicted molar refractivity (Wildman–Crippen MR) is 104 cm³/mol. The van der Waals surface area contributed by atoms with Gasteiger partial charge >= 0.3 is 5.97 Å². The van der Waals surface area contributed by atoms with Crippen molar-refractivity contribution in [2.75, 3.05) is 5.32 Å². The van der Waals surface area contributed by atoms with E-state index in [4.69, 9.17) is 14.8 Å². The maximum atomic E-state index is 13.7. The molecule has 30 heavy (non-hydrogen) atoms. The number of rotatable bonds is 5. The van der Waals surface area contributed by atoms with Crippen LogP contribution in [-0.2, 0) is 4.79 Å². The van der Waals surface area contributed by atoms with Gasteiger partial charge in [-0.15, -0.1) is 0 Å². The van der Waals surface area contributed by atoms with Gasteiger partial charge in [-0.05, 0) is 42.5 Å². The molecule has 0 bridgehead atoms. The molecule has 0 saturated heterocycles. The van der Waals surface area contributed by atoms with Gasteiger partial charge in [0.2, 0.25) is 0 Å². The smallest absolute Gasteiger partial charge is 0.335 e. The number of nitrogens with one attached hydrogen (secondary N) is 1. The molecule has 2 N–H and O–H groups in total. The number of nitriles is 2. The Labute approximate surface area is 169 Å². The second kappa shape index (κ2) is 8.55. The van der Waals surface area contributed by atoms with Gasteiger partial charge in [0, 0.05) is 17.3 Å². The molecule has 0 aliphatic carbocycles. The number of furan rings is 1.